The fourth-order valence-corrected chi connectivity index (χ4v) is 0. The summed E-state index contributed by atoms with van der Waals surface area (Å²) in [6, 6.07) is 0. The van der Waals surface area contributed by atoms with Crippen LogP contribution >= 0.6 is 0 Å². The zero-order valence-corrected chi connectivity index (χ0v) is 8.21. The summed E-state index contributed by atoms with van der Waals surface area (Å²) in [6.45, 7) is 0. The molecule has 0 aromatic rings. The molecule has 0 aliphatic carbocycles. The Balaban J connectivity index is 0. The van der Waals surface area contributed by atoms with Gasteiger partial charge >= 0.3 is 21.1 Å². The maximum absolute atomic E-state index is 0. The SMILES string of the molecule is [Ce].[O-2].[O-2].[O-2].[W+6]. The molecular weight excluding hydrogens is 372 g/mol. The van der Waals surface area contributed by atoms with Crippen LogP contribution < -0.4 is 0 Å². The van der Waals surface area contributed by atoms with Crippen molar-refractivity contribution in [2.45, 2.75) is 0 Å². The molecule has 0 aromatic carbocycles. The third kappa shape index (κ3) is 24.5. The zero-order valence-electron chi connectivity index (χ0n) is 2.13. The summed E-state index contributed by atoms with van der Waals surface area (Å²) in [6.07, 6.45) is 0. The molecule has 0 unspecified atom stereocenters. The predicted octanol–water partition coefficient (Wildman–Crippen LogP) is -0.359. The molecule has 5 heteroatoms. The molecule has 0 bridgehead atoms. The third-order valence-electron chi connectivity index (χ3n) is 0. The second kappa shape index (κ2) is 38.4. The molecule has 0 rings (SSSR count). The van der Waals surface area contributed by atoms with Gasteiger partial charge in [-0.25, -0.2) is 0 Å². The van der Waals surface area contributed by atoms with Crippen LogP contribution in [0.15, 0.2) is 0 Å². The second-order valence-electron chi connectivity index (χ2n) is 0. The Morgan fingerprint density at radius 1 is 0.600 bits per heavy atom. The molecule has 0 aliphatic rings. The molecular formula is CeO3W. The number of hydrogen-bond donors (Lipinski definition) is 0. The summed E-state index contributed by atoms with van der Waals surface area (Å²) >= 11 is 0. The summed E-state index contributed by atoms with van der Waals surface area (Å²) in [5, 5.41) is 0. The first kappa shape index (κ1) is 64.9. The Morgan fingerprint density at radius 2 is 0.600 bits per heavy atom. The van der Waals surface area contributed by atoms with Gasteiger partial charge < -0.3 is 16.4 Å². The van der Waals surface area contributed by atoms with Gasteiger partial charge in [0.15, 0.2) is 0 Å². The van der Waals surface area contributed by atoms with Crippen molar-refractivity contribution in [2.24, 2.45) is 0 Å². The van der Waals surface area contributed by atoms with E-state index in [1.807, 2.05) is 0 Å². The fourth-order valence-electron chi connectivity index (χ4n) is 0. The average molecular weight is 372 g/mol. The maximum Gasteiger partial charge on any atom is 6.00 e. The Hall–Kier alpha value is 1.94. The topological polar surface area (TPSA) is 85.5 Å². The van der Waals surface area contributed by atoms with Gasteiger partial charge in [0, 0.05) is 41.7 Å². The van der Waals surface area contributed by atoms with E-state index in [0.717, 1.165) is 0 Å². The van der Waals surface area contributed by atoms with Crippen LogP contribution in [0.4, 0.5) is 0 Å². The third-order valence-corrected chi connectivity index (χ3v) is 0. The minimum atomic E-state index is 0. The summed E-state index contributed by atoms with van der Waals surface area (Å²) in [7, 11) is 0. The van der Waals surface area contributed by atoms with Crippen molar-refractivity contribution < 1.29 is 79.2 Å². The molecule has 28 valence electrons. The van der Waals surface area contributed by atoms with Crippen LogP contribution in [0.3, 0.4) is 0 Å². The Morgan fingerprint density at radius 3 is 0.600 bits per heavy atom. The van der Waals surface area contributed by atoms with E-state index in [9.17, 15) is 0 Å². The molecule has 0 spiro atoms. The first-order valence-electron chi connectivity index (χ1n) is 0. The molecule has 0 saturated heterocycles. The van der Waals surface area contributed by atoms with Gasteiger partial charge in [-0.2, -0.15) is 0 Å². The van der Waals surface area contributed by atoms with Crippen molar-refractivity contribution in [3.8, 4) is 0 Å². The normalized spacial score (nSPS) is 0. The predicted molar refractivity (Wildman–Crippen MR) is 2.06 cm³/mol. The van der Waals surface area contributed by atoms with Crippen molar-refractivity contribution >= 4 is 0 Å². The smallest absolute Gasteiger partial charge is 2.00 e. The van der Waals surface area contributed by atoms with Gasteiger partial charge in [0.1, 0.15) is 0 Å². The van der Waals surface area contributed by atoms with Gasteiger partial charge in [-0.1, -0.05) is 0 Å². The molecule has 0 atom stereocenters. The summed E-state index contributed by atoms with van der Waals surface area (Å²) in [5.74, 6) is 0. The summed E-state index contributed by atoms with van der Waals surface area (Å²) < 4.78 is 0. The Bertz CT molecular complexity index is 6.85. The molecule has 0 fully saturated rings. The molecule has 3 nitrogen and oxygen atoms in total. The summed E-state index contributed by atoms with van der Waals surface area (Å²) in [4.78, 5) is 0. The van der Waals surface area contributed by atoms with Crippen LogP contribution in [0, 0.1) is 41.7 Å². The molecule has 0 aromatic heterocycles. The maximum atomic E-state index is 0. The Labute approximate surface area is 78.1 Å². The second-order valence-corrected chi connectivity index (χ2v) is 0. The van der Waals surface area contributed by atoms with Crippen LogP contribution in [0.1, 0.15) is 0 Å². The van der Waals surface area contributed by atoms with E-state index in [2.05, 4.69) is 0 Å². The molecule has 0 saturated carbocycles. The van der Waals surface area contributed by atoms with E-state index in [1.54, 1.807) is 0 Å². The van der Waals surface area contributed by atoms with Crippen molar-refractivity contribution in [3.63, 3.8) is 0 Å². The Kier molecular flexibility index (Phi) is 499. The van der Waals surface area contributed by atoms with Crippen molar-refractivity contribution in [1.29, 1.82) is 0 Å². The van der Waals surface area contributed by atoms with Crippen LogP contribution in [0.5, 0.6) is 0 Å². The van der Waals surface area contributed by atoms with E-state index < -0.39 is 0 Å². The van der Waals surface area contributed by atoms with E-state index in [4.69, 9.17) is 0 Å². The van der Waals surface area contributed by atoms with Crippen molar-refractivity contribution in [1.82, 2.24) is 0 Å². The van der Waals surface area contributed by atoms with Crippen molar-refractivity contribution in [3.05, 3.63) is 0 Å². The van der Waals surface area contributed by atoms with Crippen LogP contribution in [0.25, 0.3) is 0 Å². The molecule has 0 heterocycles. The molecule has 0 aliphatic heterocycles. The van der Waals surface area contributed by atoms with Gasteiger partial charge in [-0.3, -0.25) is 0 Å². The van der Waals surface area contributed by atoms with E-state index in [0.29, 0.717) is 0 Å². The van der Waals surface area contributed by atoms with Crippen LogP contribution in [0.2, 0.25) is 0 Å². The van der Waals surface area contributed by atoms with Gasteiger partial charge in [-0.15, -0.1) is 0 Å². The van der Waals surface area contributed by atoms with Crippen LogP contribution in [-0.2, 0) is 37.5 Å². The first-order valence-corrected chi connectivity index (χ1v) is 0. The zero-order chi connectivity index (χ0) is 0. The molecule has 0 amide bonds. The first-order chi connectivity index (χ1) is 0. The number of rotatable bonds is 0. The molecule has 5 heavy (non-hydrogen) atoms. The van der Waals surface area contributed by atoms with E-state index in [1.165, 1.54) is 0 Å². The molecule has 0 radical (unpaired) electrons. The van der Waals surface area contributed by atoms with E-state index >= 15 is 0 Å². The van der Waals surface area contributed by atoms with Gasteiger partial charge in [-0.05, 0) is 0 Å². The fraction of sp³-hybridized carbons (Fsp3) is 0. The van der Waals surface area contributed by atoms with Crippen LogP contribution in [-0.4, -0.2) is 0 Å². The minimum Gasteiger partial charge on any atom is -2.00 e. The largest absolute Gasteiger partial charge is 6.00 e. The monoisotopic (exact) mass is 372 g/mol. The number of hydrogen-bond acceptors (Lipinski definition) is 0. The standard InChI is InChI=1S/Ce.3O.W/q;3*-2;+6. The summed E-state index contributed by atoms with van der Waals surface area (Å²) in [5.41, 5.74) is 0. The average Bonchev–Trinajstić information content (AvgIpc) is 0. The quantitative estimate of drug-likeness (QED) is 0.557. The van der Waals surface area contributed by atoms with Gasteiger partial charge in [0.25, 0.3) is 0 Å². The van der Waals surface area contributed by atoms with Gasteiger partial charge in [0.05, 0.1) is 0 Å². The minimum absolute atomic E-state index is 0. The molecule has 0 N–H and O–H groups in total. The van der Waals surface area contributed by atoms with Gasteiger partial charge in [0.2, 0.25) is 0 Å². The van der Waals surface area contributed by atoms with Crippen molar-refractivity contribution in [2.75, 3.05) is 0 Å². The van der Waals surface area contributed by atoms with E-state index in [-0.39, 0.29) is 79.2 Å².